The van der Waals surface area contributed by atoms with Crippen LogP contribution in [0.1, 0.15) is 30.6 Å². The SMILES string of the molecule is CC(=O)c1ccc(N2CCC=C(C)C2)cc1[N+](=O)[O-]. The number of carbonyl (C=O) groups excluding carboxylic acids is 1. The Labute approximate surface area is 111 Å². The van der Waals surface area contributed by atoms with Gasteiger partial charge in [0, 0.05) is 24.8 Å². The van der Waals surface area contributed by atoms with Crippen LogP contribution in [0.5, 0.6) is 0 Å². The molecule has 0 saturated carbocycles. The van der Waals surface area contributed by atoms with Gasteiger partial charge in [-0.15, -0.1) is 0 Å². The van der Waals surface area contributed by atoms with Gasteiger partial charge in [0.1, 0.15) is 0 Å². The molecule has 1 aliphatic rings. The molecule has 0 aromatic heterocycles. The average molecular weight is 260 g/mol. The van der Waals surface area contributed by atoms with E-state index in [9.17, 15) is 14.9 Å². The maximum absolute atomic E-state index is 11.4. The number of nitro groups is 1. The predicted molar refractivity (Wildman–Crippen MR) is 73.7 cm³/mol. The summed E-state index contributed by atoms with van der Waals surface area (Å²) in [6.07, 6.45) is 3.11. The Hall–Kier alpha value is -2.17. The first kappa shape index (κ1) is 13.3. The van der Waals surface area contributed by atoms with E-state index in [-0.39, 0.29) is 17.0 Å². The summed E-state index contributed by atoms with van der Waals surface area (Å²) in [4.78, 5) is 24.0. The number of nitrogens with zero attached hydrogens (tertiary/aromatic N) is 2. The Kier molecular flexibility index (Phi) is 3.64. The van der Waals surface area contributed by atoms with Gasteiger partial charge in [-0.3, -0.25) is 14.9 Å². The van der Waals surface area contributed by atoms with Crippen LogP contribution in [0, 0.1) is 10.1 Å². The quantitative estimate of drug-likeness (QED) is 0.363. The Bertz CT molecular complexity index is 564. The van der Waals surface area contributed by atoms with Crippen molar-refractivity contribution in [3.05, 3.63) is 45.5 Å². The predicted octanol–water partition coefficient (Wildman–Crippen LogP) is 2.95. The third kappa shape index (κ3) is 2.81. The van der Waals surface area contributed by atoms with Crippen molar-refractivity contribution in [3.63, 3.8) is 0 Å². The highest BCUT2D eigenvalue weighted by molar-refractivity contribution is 5.98. The third-order valence-electron chi connectivity index (χ3n) is 3.25. The molecule has 0 aliphatic carbocycles. The van der Waals surface area contributed by atoms with Crippen molar-refractivity contribution in [1.29, 1.82) is 0 Å². The van der Waals surface area contributed by atoms with E-state index >= 15 is 0 Å². The van der Waals surface area contributed by atoms with Crippen molar-refractivity contribution in [2.45, 2.75) is 20.3 Å². The molecule has 1 aromatic rings. The molecule has 0 radical (unpaired) electrons. The monoisotopic (exact) mass is 260 g/mol. The lowest BCUT2D eigenvalue weighted by atomic mass is 10.1. The van der Waals surface area contributed by atoms with Gasteiger partial charge in [-0.1, -0.05) is 11.6 Å². The highest BCUT2D eigenvalue weighted by Gasteiger charge is 2.20. The van der Waals surface area contributed by atoms with Crippen molar-refractivity contribution in [2.24, 2.45) is 0 Å². The average Bonchev–Trinajstić information content (AvgIpc) is 2.37. The first-order valence-electron chi connectivity index (χ1n) is 6.19. The molecule has 5 heteroatoms. The Balaban J connectivity index is 2.38. The highest BCUT2D eigenvalue weighted by Crippen LogP contribution is 2.27. The molecule has 0 spiro atoms. The van der Waals surface area contributed by atoms with Gasteiger partial charge < -0.3 is 4.90 Å². The molecular formula is C14H16N2O3. The first-order valence-corrected chi connectivity index (χ1v) is 6.19. The fraction of sp³-hybridized carbons (Fsp3) is 0.357. The summed E-state index contributed by atoms with van der Waals surface area (Å²) >= 11 is 0. The van der Waals surface area contributed by atoms with Crippen molar-refractivity contribution >= 4 is 17.2 Å². The smallest absolute Gasteiger partial charge is 0.282 e. The summed E-state index contributed by atoms with van der Waals surface area (Å²) in [6.45, 7) is 5.00. The van der Waals surface area contributed by atoms with E-state index in [1.54, 1.807) is 12.1 Å². The molecule has 0 fully saturated rings. The van der Waals surface area contributed by atoms with Crippen LogP contribution in [0.4, 0.5) is 11.4 Å². The second kappa shape index (κ2) is 5.22. The number of carbonyl (C=O) groups is 1. The van der Waals surface area contributed by atoms with Gasteiger partial charge in [-0.25, -0.2) is 0 Å². The summed E-state index contributed by atoms with van der Waals surface area (Å²) < 4.78 is 0. The molecule has 0 N–H and O–H groups in total. The lowest BCUT2D eigenvalue weighted by Crippen LogP contribution is -2.29. The zero-order chi connectivity index (χ0) is 14.0. The Morgan fingerprint density at radius 1 is 1.42 bits per heavy atom. The van der Waals surface area contributed by atoms with Gasteiger partial charge in [0.15, 0.2) is 5.78 Å². The van der Waals surface area contributed by atoms with Gasteiger partial charge in [0.2, 0.25) is 0 Å². The molecule has 0 unspecified atom stereocenters. The number of ketones is 1. The third-order valence-corrected chi connectivity index (χ3v) is 3.25. The minimum absolute atomic E-state index is 0.114. The van der Waals surface area contributed by atoms with E-state index in [2.05, 4.69) is 11.0 Å². The zero-order valence-electron chi connectivity index (χ0n) is 11.0. The van der Waals surface area contributed by atoms with Gasteiger partial charge in [-0.05, 0) is 32.4 Å². The van der Waals surface area contributed by atoms with Crippen LogP contribution < -0.4 is 4.90 Å². The van der Waals surface area contributed by atoms with Crippen LogP contribution in [-0.2, 0) is 0 Å². The van der Waals surface area contributed by atoms with Crippen LogP contribution in [-0.4, -0.2) is 23.8 Å². The van der Waals surface area contributed by atoms with Crippen molar-refractivity contribution in [3.8, 4) is 0 Å². The topological polar surface area (TPSA) is 63.5 Å². The molecule has 100 valence electrons. The maximum atomic E-state index is 11.4. The van der Waals surface area contributed by atoms with Crippen molar-refractivity contribution in [1.82, 2.24) is 0 Å². The maximum Gasteiger partial charge on any atom is 0.282 e. The van der Waals surface area contributed by atoms with Crippen LogP contribution in [0.25, 0.3) is 0 Å². The molecule has 5 nitrogen and oxygen atoms in total. The molecule has 2 rings (SSSR count). The number of benzene rings is 1. The lowest BCUT2D eigenvalue weighted by molar-refractivity contribution is -0.385. The second-order valence-corrected chi connectivity index (χ2v) is 4.78. The summed E-state index contributed by atoms with van der Waals surface area (Å²) in [7, 11) is 0. The number of Topliss-reactive ketones (excluding diaryl/α,β-unsaturated/α-hetero) is 1. The van der Waals surface area contributed by atoms with Gasteiger partial charge in [0.25, 0.3) is 5.69 Å². The summed E-state index contributed by atoms with van der Waals surface area (Å²) in [5.41, 5.74) is 2.10. The van der Waals surface area contributed by atoms with Crippen LogP contribution in [0.15, 0.2) is 29.8 Å². The minimum atomic E-state index is -0.493. The number of hydrogen-bond donors (Lipinski definition) is 0. The Morgan fingerprint density at radius 3 is 2.74 bits per heavy atom. The molecule has 1 aromatic carbocycles. The molecule has 1 heterocycles. The van der Waals surface area contributed by atoms with E-state index in [1.165, 1.54) is 18.6 Å². The molecule has 1 aliphatic heterocycles. The fourth-order valence-electron chi connectivity index (χ4n) is 2.30. The van der Waals surface area contributed by atoms with E-state index < -0.39 is 4.92 Å². The number of hydrogen-bond acceptors (Lipinski definition) is 4. The fourth-order valence-corrected chi connectivity index (χ4v) is 2.30. The highest BCUT2D eigenvalue weighted by atomic mass is 16.6. The molecule has 0 amide bonds. The zero-order valence-corrected chi connectivity index (χ0v) is 11.0. The normalized spacial score (nSPS) is 15.1. The minimum Gasteiger partial charge on any atom is -0.367 e. The van der Waals surface area contributed by atoms with Gasteiger partial charge in [0.05, 0.1) is 10.5 Å². The number of rotatable bonds is 3. The summed E-state index contributed by atoms with van der Waals surface area (Å²) in [5.74, 6) is -0.284. The summed E-state index contributed by atoms with van der Waals surface area (Å²) in [5, 5.41) is 11.0. The van der Waals surface area contributed by atoms with Crippen LogP contribution in [0.3, 0.4) is 0 Å². The summed E-state index contributed by atoms with van der Waals surface area (Å²) in [6, 6.07) is 4.82. The van der Waals surface area contributed by atoms with Crippen molar-refractivity contribution in [2.75, 3.05) is 18.0 Å². The Morgan fingerprint density at radius 2 is 2.16 bits per heavy atom. The van der Waals surface area contributed by atoms with Crippen LogP contribution >= 0.6 is 0 Å². The number of anilines is 1. The van der Waals surface area contributed by atoms with E-state index in [4.69, 9.17) is 0 Å². The standard InChI is InChI=1S/C14H16N2O3/c1-10-4-3-7-15(9-10)12-5-6-13(11(2)17)14(8-12)16(18)19/h4-6,8H,3,7,9H2,1-2H3. The van der Waals surface area contributed by atoms with Gasteiger partial charge in [-0.2, -0.15) is 0 Å². The largest absolute Gasteiger partial charge is 0.367 e. The van der Waals surface area contributed by atoms with Crippen LogP contribution in [0.2, 0.25) is 0 Å². The van der Waals surface area contributed by atoms with Gasteiger partial charge >= 0.3 is 0 Å². The lowest BCUT2D eigenvalue weighted by Gasteiger charge is -2.28. The molecule has 0 bridgehead atoms. The first-order chi connectivity index (χ1) is 8.99. The molecular weight excluding hydrogens is 244 g/mol. The van der Waals surface area contributed by atoms with E-state index in [0.29, 0.717) is 0 Å². The van der Waals surface area contributed by atoms with Crippen molar-refractivity contribution < 1.29 is 9.72 Å². The molecule has 0 atom stereocenters. The molecule has 0 saturated heterocycles. The second-order valence-electron chi connectivity index (χ2n) is 4.78. The van der Waals surface area contributed by atoms with E-state index in [1.807, 2.05) is 6.92 Å². The van der Waals surface area contributed by atoms with E-state index in [0.717, 1.165) is 25.2 Å². The number of nitro benzene ring substituents is 1. The molecule has 19 heavy (non-hydrogen) atoms.